The van der Waals surface area contributed by atoms with Gasteiger partial charge in [0.25, 0.3) is 5.78 Å². The minimum absolute atomic E-state index is 0.0497. The molecule has 4 rings (SSSR count). The molecule has 1 aliphatic rings. The number of Topliss-reactive ketones (excluding diaryl/α,β-unsaturated/α-hetero) is 1. The maximum Gasteiger partial charge on any atom is 0.260 e. The van der Waals surface area contributed by atoms with Gasteiger partial charge in [-0.15, -0.1) is 0 Å². The van der Waals surface area contributed by atoms with Crippen LogP contribution in [0.2, 0.25) is 5.02 Å². The maximum atomic E-state index is 14.5. The zero-order valence-electron chi connectivity index (χ0n) is 19.9. The van der Waals surface area contributed by atoms with E-state index < -0.39 is 28.8 Å². The van der Waals surface area contributed by atoms with E-state index in [2.05, 4.69) is 15.1 Å². The molecule has 0 atom stereocenters. The number of rotatable bonds is 5. The van der Waals surface area contributed by atoms with Crippen molar-refractivity contribution in [3.63, 3.8) is 0 Å². The Kier molecular flexibility index (Phi) is 6.61. The van der Waals surface area contributed by atoms with Gasteiger partial charge in [-0.1, -0.05) is 11.6 Å². The number of aldehydes is 1. The first kappa shape index (κ1) is 25.4. The summed E-state index contributed by atoms with van der Waals surface area (Å²) in [5.41, 5.74) is 0.0913. The second-order valence-electron chi connectivity index (χ2n) is 9.29. The number of fused-ring (bicyclic) bond motifs is 1. The van der Waals surface area contributed by atoms with Gasteiger partial charge >= 0.3 is 0 Å². The number of carbonyl (C=O) groups is 2. The predicted molar refractivity (Wildman–Crippen MR) is 130 cm³/mol. The topological polar surface area (TPSA) is 83.2 Å². The van der Waals surface area contributed by atoms with Gasteiger partial charge in [-0.2, -0.15) is 10.1 Å². The summed E-state index contributed by atoms with van der Waals surface area (Å²) >= 11 is 6.42. The number of aromatic nitrogens is 2. The van der Waals surface area contributed by atoms with Gasteiger partial charge in [0.2, 0.25) is 5.96 Å². The minimum atomic E-state index is -1.31. The standard InChI is InChI=1S/C24H22ClF3N6O2/c1-24(2,3)34-12-33(10-13-5-17(27)18(28)8-16(13)26)23(30-22(34)21(36)11-35)29-20-6-14-9-32(4)31-19(14)7-15(20)25/h5-9,11H,10,12H2,1-4H3. The van der Waals surface area contributed by atoms with Gasteiger partial charge in [-0.25, -0.2) is 18.2 Å². The Hall–Kier alpha value is -3.73. The molecule has 8 nitrogen and oxygen atoms in total. The molecule has 1 aromatic heterocycles. The zero-order chi connectivity index (χ0) is 26.4. The van der Waals surface area contributed by atoms with Crippen LogP contribution in [0.1, 0.15) is 26.3 Å². The van der Waals surface area contributed by atoms with Crippen molar-refractivity contribution in [2.75, 3.05) is 6.67 Å². The molecule has 0 bridgehead atoms. The van der Waals surface area contributed by atoms with E-state index in [4.69, 9.17) is 11.6 Å². The number of carbonyl (C=O) groups excluding carboxylic acids is 2. The molecule has 36 heavy (non-hydrogen) atoms. The second-order valence-corrected chi connectivity index (χ2v) is 9.70. The lowest BCUT2D eigenvalue weighted by atomic mass is 10.0. The third kappa shape index (κ3) is 4.97. The monoisotopic (exact) mass is 518 g/mol. The fourth-order valence-corrected chi connectivity index (χ4v) is 3.96. The third-order valence-corrected chi connectivity index (χ3v) is 5.85. The summed E-state index contributed by atoms with van der Waals surface area (Å²) in [6.07, 6.45) is 1.91. The van der Waals surface area contributed by atoms with Crippen LogP contribution in [0.4, 0.5) is 18.9 Å². The average molecular weight is 519 g/mol. The summed E-state index contributed by atoms with van der Waals surface area (Å²) < 4.78 is 43.5. The maximum absolute atomic E-state index is 14.5. The molecule has 0 aliphatic carbocycles. The van der Waals surface area contributed by atoms with Crippen molar-refractivity contribution < 1.29 is 22.8 Å². The van der Waals surface area contributed by atoms with Crippen molar-refractivity contribution in [1.29, 1.82) is 0 Å². The van der Waals surface area contributed by atoms with Crippen molar-refractivity contribution in [2.24, 2.45) is 17.0 Å². The van der Waals surface area contributed by atoms with Crippen molar-refractivity contribution in [3.8, 4) is 0 Å². The van der Waals surface area contributed by atoms with E-state index in [0.717, 1.165) is 11.5 Å². The highest BCUT2D eigenvalue weighted by atomic mass is 35.5. The van der Waals surface area contributed by atoms with Crippen molar-refractivity contribution in [2.45, 2.75) is 32.9 Å². The van der Waals surface area contributed by atoms with Crippen LogP contribution in [-0.2, 0) is 23.2 Å². The normalized spacial score (nSPS) is 15.6. The average Bonchev–Trinajstić information content (AvgIpc) is 3.15. The molecule has 188 valence electrons. The lowest BCUT2D eigenvalue weighted by Crippen LogP contribution is -2.58. The van der Waals surface area contributed by atoms with Crippen LogP contribution in [-0.4, -0.2) is 55.7 Å². The van der Waals surface area contributed by atoms with Gasteiger partial charge in [-0.05, 0) is 39.0 Å². The molecule has 0 saturated heterocycles. The van der Waals surface area contributed by atoms with E-state index in [1.165, 1.54) is 4.90 Å². The molecule has 0 amide bonds. The smallest absolute Gasteiger partial charge is 0.260 e. The first-order valence-electron chi connectivity index (χ1n) is 10.8. The van der Waals surface area contributed by atoms with E-state index in [-0.39, 0.29) is 47.6 Å². The number of halogens is 4. The van der Waals surface area contributed by atoms with Gasteiger partial charge in [0.05, 0.1) is 29.4 Å². The van der Waals surface area contributed by atoms with Gasteiger partial charge in [-0.3, -0.25) is 14.3 Å². The molecule has 0 radical (unpaired) electrons. The summed E-state index contributed by atoms with van der Waals surface area (Å²) in [5.74, 6) is -4.56. The molecule has 0 saturated carbocycles. The molecule has 2 heterocycles. The van der Waals surface area contributed by atoms with Crippen LogP contribution >= 0.6 is 11.6 Å². The first-order valence-corrected chi connectivity index (χ1v) is 11.2. The Morgan fingerprint density at radius 1 is 1.14 bits per heavy atom. The molecule has 1 aliphatic heterocycles. The predicted octanol–water partition coefficient (Wildman–Crippen LogP) is 4.37. The van der Waals surface area contributed by atoms with Crippen LogP contribution in [0.3, 0.4) is 0 Å². The lowest BCUT2D eigenvalue weighted by molar-refractivity contribution is -0.126. The molecule has 0 spiro atoms. The molecule has 0 N–H and O–H groups in total. The number of ketones is 1. The summed E-state index contributed by atoms with van der Waals surface area (Å²) in [7, 11) is 1.75. The van der Waals surface area contributed by atoms with Gasteiger partial charge in [0.15, 0.2) is 23.8 Å². The van der Waals surface area contributed by atoms with E-state index in [0.29, 0.717) is 11.6 Å². The molecular weight excluding hydrogens is 497 g/mol. The van der Waals surface area contributed by atoms with E-state index in [1.54, 1.807) is 55.7 Å². The summed E-state index contributed by atoms with van der Waals surface area (Å²) in [4.78, 5) is 35.7. The van der Waals surface area contributed by atoms with E-state index in [1.807, 2.05) is 0 Å². The van der Waals surface area contributed by atoms with E-state index >= 15 is 0 Å². The number of hydrogen-bond donors (Lipinski definition) is 0. The molecular formula is C24H22ClF3N6O2. The number of benzene rings is 2. The molecule has 3 aromatic rings. The number of amidine groups is 1. The van der Waals surface area contributed by atoms with Crippen LogP contribution in [0.15, 0.2) is 40.4 Å². The molecule has 2 aromatic carbocycles. The molecule has 12 heteroatoms. The summed E-state index contributed by atoms with van der Waals surface area (Å²) in [6, 6.07) is 4.50. The summed E-state index contributed by atoms with van der Waals surface area (Å²) in [5, 5.41) is 5.26. The SMILES string of the molecule is Cn1cc2cc(N=C3N=C(C(=O)C=O)N(C(C)(C)C)CN3Cc3cc(F)c(F)cc3F)c(Cl)cc2n1. The Morgan fingerprint density at radius 2 is 1.83 bits per heavy atom. The Bertz CT molecular complexity index is 1440. The Balaban J connectivity index is 1.88. The van der Waals surface area contributed by atoms with Gasteiger partial charge in [0, 0.05) is 35.8 Å². The number of hydrogen-bond acceptors (Lipinski definition) is 5. The zero-order valence-corrected chi connectivity index (χ0v) is 20.6. The third-order valence-electron chi connectivity index (χ3n) is 5.55. The number of aliphatic imine (C=N–C) groups is 2. The van der Waals surface area contributed by atoms with Crippen LogP contribution in [0.5, 0.6) is 0 Å². The van der Waals surface area contributed by atoms with E-state index in [9.17, 15) is 22.8 Å². The highest BCUT2D eigenvalue weighted by molar-refractivity contribution is 6.59. The lowest BCUT2D eigenvalue weighted by Gasteiger charge is -2.43. The Labute approximate surface area is 209 Å². The summed E-state index contributed by atoms with van der Waals surface area (Å²) in [6.45, 7) is 5.09. The highest BCUT2D eigenvalue weighted by Gasteiger charge is 2.36. The van der Waals surface area contributed by atoms with Gasteiger partial charge < -0.3 is 9.80 Å². The fourth-order valence-electron chi connectivity index (χ4n) is 3.76. The fraction of sp³-hybridized carbons (Fsp3) is 0.292. The van der Waals surface area contributed by atoms with Gasteiger partial charge in [0.1, 0.15) is 5.82 Å². The molecule has 0 unspecified atom stereocenters. The van der Waals surface area contributed by atoms with Crippen molar-refractivity contribution in [3.05, 3.63) is 58.5 Å². The molecule has 0 fully saturated rings. The second kappa shape index (κ2) is 9.38. The number of guanidine groups is 1. The quantitative estimate of drug-likeness (QED) is 0.284. The number of nitrogens with zero attached hydrogens (tertiary/aromatic N) is 6. The van der Waals surface area contributed by atoms with Crippen LogP contribution in [0.25, 0.3) is 10.9 Å². The van der Waals surface area contributed by atoms with Crippen molar-refractivity contribution in [1.82, 2.24) is 19.6 Å². The van der Waals surface area contributed by atoms with Crippen molar-refractivity contribution >= 4 is 52.1 Å². The van der Waals surface area contributed by atoms with Crippen LogP contribution < -0.4 is 0 Å². The largest absolute Gasteiger partial charge is 0.330 e. The number of aryl methyl sites for hydroxylation is 1. The van der Waals surface area contributed by atoms with Crippen LogP contribution in [0, 0.1) is 17.5 Å². The first-order chi connectivity index (χ1) is 16.9. The Morgan fingerprint density at radius 3 is 2.50 bits per heavy atom. The highest BCUT2D eigenvalue weighted by Crippen LogP contribution is 2.31. The minimum Gasteiger partial charge on any atom is -0.330 e.